The van der Waals surface area contributed by atoms with Crippen LogP contribution in [0.3, 0.4) is 0 Å². The van der Waals surface area contributed by atoms with Crippen LogP contribution >= 0.6 is 11.3 Å². The van der Waals surface area contributed by atoms with E-state index in [4.69, 9.17) is 5.11 Å². The second-order valence-corrected chi connectivity index (χ2v) is 8.75. The Morgan fingerprint density at radius 2 is 2.00 bits per heavy atom. The molecule has 4 unspecified atom stereocenters. The molecule has 2 N–H and O–H groups in total. The molecule has 4 atom stereocenters. The number of hydrogen-bond acceptors (Lipinski definition) is 4. The smallest absolute Gasteiger partial charge is 0.241 e. The fourth-order valence-electron chi connectivity index (χ4n) is 4.31. The number of thiophene rings is 1. The van der Waals surface area contributed by atoms with Crippen molar-refractivity contribution in [1.29, 1.82) is 0 Å². The molecule has 1 heterocycles. The van der Waals surface area contributed by atoms with Crippen molar-refractivity contribution in [2.24, 2.45) is 23.7 Å². The van der Waals surface area contributed by atoms with Crippen molar-refractivity contribution in [3.8, 4) is 0 Å². The lowest BCUT2D eigenvalue weighted by Crippen LogP contribution is -2.29. The normalized spacial score (nSPS) is 39.5. The minimum Gasteiger partial charge on any atom is -0.391 e. The number of aliphatic hydroxyl groups excluding tert-OH is 1. The van der Waals surface area contributed by atoms with Crippen molar-refractivity contribution in [2.45, 2.75) is 36.8 Å². The van der Waals surface area contributed by atoms with E-state index < -0.39 is 10.0 Å². The molecule has 3 aliphatic carbocycles. The molecule has 0 aromatic carbocycles. The molecule has 19 heavy (non-hydrogen) atoms. The van der Waals surface area contributed by atoms with Gasteiger partial charge in [0.15, 0.2) is 0 Å². The first kappa shape index (κ1) is 12.3. The number of nitrogens with one attached hydrogen (secondary N) is 1. The molecule has 0 radical (unpaired) electrons. The molecule has 1 aromatic rings. The Hall–Kier alpha value is -0.430. The highest BCUT2D eigenvalue weighted by molar-refractivity contribution is 7.89. The third-order valence-corrected chi connectivity index (χ3v) is 7.63. The fourth-order valence-corrected chi connectivity index (χ4v) is 6.75. The van der Waals surface area contributed by atoms with Gasteiger partial charge in [-0.15, -0.1) is 11.3 Å². The summed E-state index contributed by atoms with van der Waals surface area (Å²) in [6, 6.07) is 1.74. The van der Waals surface area contributed by atoms with Gasteiger partial charge in [-0.25, -0.2) is 13.1 Å². The largest absolute Gasteiger partial charge is 0.391 e. The highest BCUT2D eigenvalue weighted by Crippen LogP contribution is 2.65. The summed E-state index contributed by atoms with van der Waals surface area (Å²) < 4.78 is 27.5. The van der Waals surface area contributed by atoms with Gasteiger partial charge in [-0.2, -0.15) is 0 Å². The summed E-state index contributed by atoms with van der Waals surface area (Å²) in [5.41, 5.74) is 0. The van der Waals surface area contributed by atoms with E-state index in [1.165, 1.54) is 30.6 Å². The molecule has 3 saturated carbocycles. The van der Waals surface area contributed by atoms with Gasteiger partial charge in [-0.3, -0.25) is 0 Å². The Kier molecular flexibility index (Phi) is 2.62. The number of rotatable bonds is 4. The van der Waals surface area contributed by atoms with E-state index in [0.717, 1.165) is 11.8 Å². The minimum atomic E-state index is -3.40. The maximum Gasteiger partial charge on any atom is 0.241 e. The first-order chi connectivity index (χ1) is 9.10. The fraction of sp³-hybridized carbons (Fsp3) is 0.692. The quantitative estimate of drug-likeness (QED) is 0.887. The summed E-state index contributed by atoms with van der Waals surface area (Å²) in [5.74, 6) is 2.73. The summed E-state index contributed by atoms with van der Waals surface area (Å²) >= 11 is 1.29. The maximum absolute atomic E-state index is 12.3. The van der Waals surface area contributed by atoms with Crippen LogP contribution in [0.25, 0.3) is 0 Å². The topological polar surface area (TPSA) is 66.4 Å². The van der Waals surface area contributed by atoms with Gasteiger partial charge < -0.3 is 5.11 Å². The predicted octanol–water partition coefficient (Wildman–Crippen LogP) is 1.56. The zero-order chi connectivity index (χ0) is 13.2. The van der Waals surface area contributed by atoms with Crippen LogP contribution in [0.5, 0.6) is 0 Å². The second kappa shape index (κ2) is 4.04. The van der Waals surface area contributed by atoms with Crippen LogP contribution in [0.1, 0.15) is 24.1 Å². The monoisotopic (exact) mass is 299 g/mol. The molecule has 3 fully saturated rings. The first-order valence-electron chi connectivity index (χ1n) is 6.81. The molecular weight excluding hydrogens is 282 g/mol. The number of hydrogen-bond donors (Lipinski definition) is 2. The molecular formula is C13H17NO3S2. The van der Waals surface area contributed by atoms with Crippen LogP contribution in [0.2, 0.25) is 0 Å². The molecule has 104 valence electrons. The van der Waals surface area contributed by atoms with Gasteiger partial charge in [0.25, 0.3) is 0 Å². The molecule has 0 saturated heterocycles. The highest BCUT2D eigenvalue weighted by Gasteiger charge is 2.65. The Balaban J connectivity index is 1.51. The number of sulfonamides is 1. The van der Waals surface area contributed by atoms with Gasteiger partial charge >= 0.3 is 0 Å². The van der Waals surface area contributed by atoms with Crippen LogP contribution in [0, 0.1) is 23.7 Å². The third kappa shape index (κ3) is 1.81. The molecule has 3 aliphatic rings. The Labute approximate surface area is 116 Å². The first-order valence-corrected chi connectivity index (χ1v) is 9.17. The molecule has 0 amide bonds. The lowest BCUT2D eigenvalue weighted by molar-refractivity contribution is 0.285. The summed E-state index contributed by atoms with van der Waals surface area (Å²) in [6.07, 6.45) is 3.90. The summed E-state index contributed by atoms with van der Waals surface area (Å²) in [7, 11) is -3.40. The van der Waals surface area contributed by atoms with Gasteiger partial charge in [0.1, 0.15) is 0 Å². The van der Waals surface area contributed by atoms with Gasteiger partial charge in [-0.05, 0) is 49.0 Å². The van der Waals surface area contributed by atoms with Crippen molar-refractivity contribution >= 4 is 21.4 Å². The van der Waals surface area contributed by atoms with Crippen molar-refractivity contribution in [2.75, 3.05) is 0 Å². The lowest BCUT2D eigenvalue weighted by Gasteiger charge is -2.10. The zero-order valence-corrected chi connectivity index (χ0v) is 12.1. The van der Waals surface area contributed by atoms with Crippen LogP contribution in [0.4, 0.5) is 0 Å². The van der Waals surface area contributed by atoms with Gasteiger partial charge in [-0.1, -0.05) is 0 Å². The number of fused-ring (bicyclic) bond motifs is 5. The van der Waals surface area contributed by atoms with Gasteiger partial charge in [0, 0.05) is 16.3 Å². The van der Waals surface area contributed by atoms with Crippen molar-refractivity contribution in [3.05, 3.63) is 16.3 Å². The van der Waals surface area contributed by atoms with E-state index in [1.54, 1.807) is 11.4 Å². The van der Waals surface area contributed by atoms with E-state index in [-0.39, 0.29) is 12.6 Å². The molecule has 6 heteroatoms. The molecule has 0 spiro atoms. The van der Waals surface area contributed by atoms with Crippen molar-refractivity contribution in [3.63, 3.8) is 0 Å². The van der Waals surface area contributed by atoms with Gasteiger partial charge in [0.2, 0.25) is 10.0 Å². The average Bonchev–Trinajstić information content (AvgIpc) is 2.88. The third-order valence-electron chi connectivity index (χ3n) is 5.12. The molecule has 0 aliphatic heterocycles. The van der Waals surface area contributed by atoms with Gasteiger partial charge in [0.05, 0.1) is 11.5 Å². The SMILES string of the molecule is O=S(=O)(NC1C2C3CCC(C3)C12)c1csc(CO)c1. The van der Waals surface area contributed by atoms with E-state index in [0.29, 0.717) is 21.6 Å². The van der Waals surface area contributed by atoms with Crippen molar-refractivity contribution in [1.82, 2.24) is 4.72 Å². The predicted molar refractivity (Wildman–Crippen MR) is 72.2 cm³/mol. The van der Waals surface area contributed by atoms with E-state index in [2.05, 4.69) is 4.72 Å². The van der Waals surface area contributed by atoms with E-state index >= 15 is 0 Å². The standard InChI is InChI=1S/C13H17NO3S2/c15-5-9-4-10(6-18-9)19(16,17)14-13-11-7-1-2-8(3-7)12(11)13/h4,6-8,11-15H,1-3,5H2. The summed E-state index contributed by atoms with van der Waals surface area (Å²) in [4.78, 5) is 0.996. The van der Waals surface area contributed by atoms with Crippen LogP contribution in [-0.2, 0) is 16.6 Å². The van der Waals surface area contributed by atoms with Crippen molar-refractivity contribution < 1.29 is 13.5 Å². The second-order valence-electron chi connectivity index (χ2n) is 6.04. The lowest BCUT2D eigenvalue weighted by atomic mass is 10.0. The average molecular weight is 299 g/mol. The molecule has 4 rings (SSSR count). The number of aliphatic hydroxyl groups is 1. The van der Waals surface area contributed by atoms with E-state index in [9.17, 15) is 8.42 Å². The minimum absolute atomic E-state index is 0.0982. The Morgan fingerprint density at radius 3 is 2.58 bits per heavy atom. The molecule has 1 aromatic heterocycles. The van der Waals surface area contributed by atoms with Crippen LogP contribution < -0.4 is 4.72 Å². The molecule has 2 bridgehead atoms. The van der Waals surface area contributed by atoms with Crippen LogP contribution in [-0.4, -0.2) is 19.6 Å². The molecule has 4 nitrogen and oxygen atoms in total. The van der Waals surface area contributed by atoms with E-state index in [1.807, 2.05) is 0 Å². The zero-order valence-electron chi connectivity index (χ0n) is 10.5. The van der Waals surface area contributed by atoms with Crippen LogP contribution in [0.15, 0.2) is 16.3 Å². The summed E-state index contributed by atoms with van der Waals surface area (Å²) in [5, 5.41) is 10.6. The Morgan fingerprint density at radius 1 is 1.32 bits per heavy atom. The maximum atomic E-state index is 12.3. The highest BCUT2D eigenvalue weighted by atomic mass is 32.2. The Bertz CT molecular complexity index is 593. The summed E-state index contributed by atoms with van der Waals surface area (Å²) in [6.45, 7) is -0.0982.